The first-order valence-electron chi connectivity index (χ1n) is 5.28. The Morgan fingerprint density at radius 3 is 2.56 bits per heavy atom. The normalized spacial score (nSPS) is 10.8. The third-order valence-corrected chi connectivity index (χ3v) is 2.50. The van der Waals surface area contributed by atoms with Crippen LogP contribution in [0.25, 0.3) is 0 Å². The molecule has 0 bridgehead atoms. The van der Waals surface area contributed by atoms with E-state index in [1.807, 2.05) is 0 Å². The summed E-state index contributed by atoms with van der Waals surface area (Å²) in [6.07, 6.45) is 0.797. The second kappa shape index (κ2) is 5.58. The van der Waals surface area contributed by atoms with E-state index in [0.29, 0.717) is 12.2 Å². The van der Waals surface area contributed by atoms with Gasteiger partial charge in [-0.05, 0) is 25.1 Å². The number of benzene rings is 1. The lowest BCUT2D eigenvalue weighted by Crippen LogP contribution is -2.23. The lowest BCUT2D eigenvalue weighted by molar-refractivity contribution is -0.137. The largest absolute Gasteiger partial charge is 0.417 e. The summed E-state index contributed by atoms with van der Waals surface area (Å²) in [7, 11) is 0. The van der Waals surface area contributed by atoms with E-state index in [2.05, 4.69) is 5.92 Å². The van der Waals surface area contributed by atoms with Crippen LogP contribution in [0.4, 0.5) is 18.9 Å². The molecule has 5 heteroatoms. The molecule has 0 aliphatic rings. The van der Waals surface area contributed by atoms with Gasteiger partial charge < -0.3 is 4.90 Å². The molecular weight excluding hydrogens is 243 g/mol. The van der Waals surface area contributed by atoms with Crippen molar-refractivity contribution in [2.24, 2.45) is 0 Å². The van der Waals surface area contributed by atoms with E-state index in [0.717, 1.165) is 12.1 Å². The lowest BCUT2D eigenvalue weighted by atomic mass is 10.1. The zero-order chi connectivity index (χ0) is 13.8. The summed E-state index contributed by atoms with van der Waals surface area (Å²) in [5.74, 6) is 2.38. The SMILES string of the molecule is C#CCN(CC)c1ccc(C=O)c(C(F)(F)F)c1. The number of rotatable bonds is 4. The number of terminal acetylenes is 1. The van der Waals surface area contributed by atoms with Gasteiger partial charge in [-0.3, -0.25) is 4.79 Å². The van der Waals surface area contributed by atoms with E-state index in [1.54, 1.807) is 11.8 Å². The lowest BCUT2D eigenvalue weighted by Gasteiger charge is -2.22. The summed E-state index contributed by atoms with van der Waals surface area (Å²) in [6, 6.07) is 3.56. The van der Waals surface area contributed by atoms with E-state index < -0.39 is 11.7 Å². The predicted molar refractivity (Wildman–Crippen MR) is 63.6 cm³/mol. The first-order valence-corrected chi connectivity index (χ1v) is 5.28. The number of alkyl halides is 3. The Labute approximate surface area is 103 Å². The molecule has 1 aromatic carbocycles. The molecule has 0 amide bonds. The van der Waals surface area contributed by atoms with E-state index >= 15 is 0 Å². The zero-order valence-corrected chi connectivity index (χ0v) is 9.79. The zero-order valence-electron chi connectivity index (χ0n) is 9.79. The number of hydrogen-bond donors (Lipinski definition) is 0. The van der Waals surface area contributed by atoms with Gasteiger partial charge in [0.2, 0.25) is 0 Å². The van der Waals surface area contributed by atoms with Crippen molar-refractivity contribution in [3.63, 3.8) is 0 Å². The number of carbonyl (C=O) groups excluding carboxylic acids is 1. The summed E-state index contributed by atoms with van der Waals surface area (Å²) in [4.78, 5) is 12.2. The molecule has 1 rings (SSSR count). The van der Waals surface area contributed by atoms with Crippen molar-refractivity contribution in [2.45, 2.75) is 13.1 Å². The van der Waals surface area contributed by atoms with Gasteiger partial charge in [-0.1, -0.05) is 5.92 Å². The third-order valence-electron chi connectivity index (χ3n) is 2.50. The van der Waals surface area contributed by atoms with Crippen molar-refractivity contribution in [1.29, 1.82) is 0 Å². The van der Waals surface area contributed by atoms with Crippen LogP contribution in [0.3, 0.4) is 0 Å². The molecule has 2 nitrogen and oxygen atoms in total. The molecule has 0 radical (unpaired) electrons. The molecule has 0 aliphatic heterocycles. The fraction of sp³-hybridized carbons (Fsp3) is 0.308. The molecule has 0 saturated heterocycles. The molecule has 0 unspecified atom stereocenters. The van der Waals surface area contributed by atoms with Crippen LogP contribution in [-0.2, 0) is 6.18 Å². The van der Waals surface area contributed by atoms with Crippen LogP contribution in [0.2, 0.25) is 0 Å². The smallest absolute Gasteiger partial charge is 0.361 e. The first kappa shape index (κ1) is 14.1. The van der Waals surface area contributed by atoms with Crippen LogP contribution in [-0.4, -0.2) is 19.4 Å². The number of aldehydes is 1. The van der Waals surface area contributed by atoms with E-state index in [-0.39, 0.29) is 18.4 Å². The molecule has 96 valence electrons. The maximum absolute atomic E-state index is 12.8. The minimum absolute atomic E-state index is 0.198. The van der Waals surface area contributed by atoms with Gasteiger partial charge in [0.15, 0.2) is 6.29 Å². The second-order valence-electron chi connectivity index (χ2n) is 3.61. The van der Waals surface area contributed by atoms with Gasteiger partial charge in [0.1, 0.15) is 0 Å². The summed E-state index contributed by atoms with van der Waals surface area (Å²) < 4.78 is 38.3. The Hall–Kier alpha value is -1.96. The molecule has 1 aromatic rings. The molecule has 0 saturated carbocycles. The van der Waals surface area contributed by atoms with Gasteiger partial charge in [0.25, 0.3) is 0 Å². The highest BCUT2D eigenvalue weighted by molar-refractivity contribution is 5.79. The fourth-order valence-corrected chi connectivity index (χ4v) is 1.59. The molecule has 0 aromatic heterocycles. The summed E-state index contributed by atoms with van der Waals surface area (Å²) in [5, 5.41) is 0. The number of carbonyl (C=O) groups is 1. The predicted octanol–water partition coefficient (Wildman–Crippen LogP) is 2.98. The molecule has 0 N–H and O–H groups in total. The van der Waals surface area contributed by atoms with Gasteiger partial charge in [-0.15, -0.1) is 6.42 Å². The number of nitrogens with zero attached hydrogens (tertiary/aromatic N) is 1. The maximum Gasteiger partial charge on any atom is 0.417 e. The Kier molecular flexibility index (Phi) is 4.38. The van der Waals surface area contributed by atoms with Crippen molar-refractivity contribution in [2.75, 3.05) is 18.0 Å². The quantitative estimate of drug-likeness (QED) is 0.609. The van der Waals surface area contributed by atoms with Crippen molar-refractivity contribution in [1.82, 2.24) is 0 Å². The Morgan fingerprint density at radius 2 is 2.11 bits per heavy atom. The van der Waals surface area contributed by atoms with Crippen molar-refractivity contribution < 1.29 is 18.0 Å². The third kappa shape index (κ3) is 3.04. The second-order valence-corrected chi connectivity index (χ2v) is 3.61. The number of anilines is 1. The molecule has 0 heterocycles. The highest BCUT2D eigenvalue weighted by Crippen LogP contribution is 2.34. The van der Waals surface area contributed by atoms with Crippen LogP contribution in [0.1, 0.15) is 22.8 Å². The number of halogens is 3. The van der Waals surface area contributed by atoms with Crippen LogP contribution in [0.15, 0.2) is 18.2 Å². The molecule has 0 atom stereocenters. The number of hydrogen-bond acceptors (Lipinski definition) is 2. The topological polar surface area (TPSA) is 20.3 Å². The van der Waals surface area contributed by atoms with Crippen LogP contribution in [0, 0.1) is 12.3 Å². The fourth-order valence-electron chi connectivity index (χ4n) is 1.59. The highest BCUT2D eigenvalue weighted by Gasteiger charge is 2.33. The van der Waals surface area contributed by atoms with E-state index in [1.165, 1.54) is 6.07 Å². The minimum atomic E-state index is -4.55. The Bertz CT molecular complexity index is 474. The first-order chi connectivity index (χ1) is 8.43. The van der Waals surface area contributed by atoms with Gasteiger partial charge in [-0.25, -0.2) is 0 Å². The van der Waals surface area contributed by atoms with E-state index in [4.69, 9.17) is 6.42 Å². The van der Waals surface area contributed by atoms with Gasteiger partial charge in [0, 0.05) is 17.8 Å². The molecule has 18 heavy (non-hydrogen) atoms. The van der Waals surface area contributed by atoms with Crippen LogP contribution in [0.5, 0.6) is 0 Å². The standard InChI is InChI=1S/C13H12F3NO/c1-3-7-17(4-2)11-6-5-10(9-18)12(8-11)13(14,15)16/h1,5-6,8-9H,4,7H2,2H3. The maximum atomic E-state index is 12.8. The Balaban J connectivity index is 3.26. The van der Waals surface area contributed by atoms with Gasteiger partial charge >= 0.3 is 6.18 Å². The van der Waals surface area contributed by atoms with Crippen LogP contribution < -0.4 is 4.90 Å². The monoisotopic (exact) mass is 255 g/mol. The summed E-state index contributed by atoms with van der Waals surface area (Å²) >= 11 is 0. The molecule has 0 spiro atoms. The Morgan fingerprint density at radius 1 is 1.44 bits per heavy atom. The average Bonchev–Trinajstić information content (AvgIpc) is 2.34. The average molecular weight is 255 g/mol. The van der Waals surface area contributed by atoms with Gasteiger partial charge in [0.05, 0.1) is 12.1 Å². The highest BCUT2D eigenvalue weighted by atomic mass is 19.4. The van der Waals surface area contributed by atoms with E-state index in [9.17, 15) is 18.0 Å². The molecule has 0 fully saturated rings. The van der Waals surface area contributed by atoms with Crippen molar-refractivity contribution in [3.8, 4) is 12.3 Å². The summed E-state index contributed by atoms with van der Waals surface area (Å²) in [6.45, 7) is 2.49. The van der Waals surface area contributed by atoms with Crippen molar-refractivity contribution in [3.05, 3.63) is 29.3 Å². The summed E-state index contributed by atoms with van der Waals surface area (Å²) in [5.41, 5.74) is -0.957. The van der Waals surface area contributed by atoms with Gasteiger partial charge in [-0.2, -0.15) is 13.2 Å². The molecule has 0 aliphatic carbocycles. The molecular formula is C13H12F3NO. The van der Waals surface area contributed by atoms with Crippen molar-refractivity contribution >= 4 is 12.0 Å². The minimum Gasteiger partial charge on any atom is -0.361 e. The van der Waals surface area contributed by atoms with Crippen LogP contribution >= 0.6 is 0 Å².